The number of para-hydroxylation sites is 1. The Morgan fingerprint density at radius 3 is 2.93 bits per heavy atom. The second-order valence-electron chi connectivity index (χ2n) is 8.17. The molecule has 29 heavy (non-hydrogen) atoms. The lowest BCUT2D eigenvalue weighted by Crippen LogP contribution is -2.61. The number of rotatable bonds is 5. The van der Waals surface area contributed by atoms with E-state index in [1.54, 1.807) is 0 Å². The first-order valence-electron chi connectivity index (χ1n) is 10.4. The van der Waals surface area contributed by atoms with E-state index >= 15 is 0 Å². The highest BCUT2D eigenvalue weighted by Gasteiger charge is 2.45. The molecule has 2 aliphatic rings. The number of hydrogen-bond donors (Lipinski definition) is 2. The number of amides is 2. The summed E-state index contributed by atoms with van der Waals surface area (Å²) in [6, 6.07) is 7.38. The van der Waals surface area contributed by atoms with Crippen LogP contribution in [0, 0.1) is 0 Å². The maximum Gasteiger partial charge on any atom is 0.245 e. The zero-order valence-electron chi connectivity index (χ0n) is 17.1. The Morgan fingerprint density at radius 2 is 2.21 bits per heavy atom. The van der Waals surface area contributed by atoms with Crippen molar-refractivity contribution in [3.05, 3.63) is 36.0 Å². The second-order valence-corrected chi connectivity index (χ2v) is 8.17. The van der Waals surface area contributed by atoms with Crippen LogP contribution in [0.4, 0.5) is 0 Å². The number of morpholine rings is 1. The van der Waals surface area contributed by atoms with E-state index in [0.717, 1.165) is 29.3 Å². The number of hydrogen-bond acceptors (Lipinski definition) is 4. The van der Waals surface area contributed by atoms with Crippen LogP contribution in [0.5, 0.6) is 0 Å². The third-order valence-electron chi connectivity index (χ3n) is 5.93. The van der Waals surface area contributed by atoms with Crippen molar-refractivity contribution < 1.29 is 19.1 Å². The quantitative estimate of drug-likeness (QED) is 0.806. The van der Waals surface area contributed by atoms with Gasteiger partial charge in [0.25, 0.3) is 0 Å². The molecule has 2 saturated heterocycles. The minimum absolute atomic E-state index is 0.0135. The van der Waals surface area contributed by atoms with Gasteiger partial charge in [-0.25, -0.2) is 0 Å². The molecule has 1 aromatic carbocycles. The molecule has 4 rings (SSSR count). The lowest BCUT2D eigenvalue weighted by molar-refractivity contribution is -0.171. The number of nitrogens with one attached hydrogen (secondary N) is 2. The zero-order valence-corrected chi connectivity index (χ0v) is 17.1. The van der Waals surface area contributed by atoms with E-state index in [2.05, 4.69) is 17.2 Å². The van der Waals surface area contributed by atoms with Crippen molar-refractivity contribution >= 4 is 22.7 Å². The molecule has 2 aliphatic heterocycles. The minimum atomic E-state index is -0.610. The normalized spacial score (nSPS) is 25.4. The van der Waals surface area contributed by atoms with E-state index in [1.807, 2.05) is 35.4 Å². The van der Waals surface area contributed by atoms with Gasteiger partial charge in [-0.3, -0.25) is 9.59 Å². The molecule has 0 bridgehead atoms. The van der Waals surface area contributed by atoms with E-state index in [4.69, 9.17) is 9.47 Å². The third kappa shape index (κ3) is 4.16. The molecule has 3 heterocycles. The van der Waals surface area contributed by atoms with Crippen LogP contribution in [-0.4, -0.2) is 65.7 Å². The van der Waals surface area contributed by atoms with Crippen molar-refractivity contribution in [2.75, 3.05) is 26.3 Å². The number of fused-ring (bicyclic) bond motifs is 1. The Labute approximate surface area is 170 Å². The SMILES string of the molecule is CC[C@@H]1CN(C(=O)[C@H](Cc2c[nH]c3ccccc23)NC(C)=O)C[C@]2(CCOC2)O1. The summed E-state index contributed by atoms with van der Waals surface area (Å²) < 4.78 is 11.9. The molecule has 1 aromatic heterocycles. The molecular weight excluding hydrogens is 370 g/mol. The van der Waals surface area contributed by atoms with Gasteiger partial charge in [-0.15, -0.1) is 0 Å². The fourth-order valence-corrected chi connectivity index (χ4v) is 4.46. The molecule has 1 spiro atoms. The number of nitrogens with zero attached hydrogens (tertiary/aromatic N) is 1. The molecule has 2 fully saturated rings. The monoisotopic (exact) mass is 399 g/mol. The van der Waals surface area contributed by atoms with Crippen molar-refractivity contribution in [2.24, 2.45) is 0 Å². The summed E-state index contributed by atoms with van der Waals surface area (Å²) >= 11 is 0. The number of H-pyrrole nitrogens is 1. The average Bonchev–Trinajstić information content (AvgIpc) is 3.33. The highest BCUT2D eigenvalue weighted by molar-refractivity contribution is 5.89. The van der Waals surface area contributed by atoms with Gasteiger partial charge in [-0.1, -0.05) is 25.1 Å². The summed E-state index contributed by atoms with van der Waals surface area (Å²) in [5.41, 5.74) is 1.62. The number of aromatic amines is 1. The number of carbonyl (C=O) groups excluding carboxylic acids is 2. The highest BCUT2D eigenvalue weighted by atomic mass is 16.6. The van der Waals surface area contributed by atoms with Crippen LogP contribution in [0.25, 0.3) is 10.9 Å². The van der Waals surface area contributed by atoms with E-state index in [9.17, 15) is 9.59 Å². The first-order chi connectivity index (χ1) is 14.0. The Morgan fingerprint density at radius 1 is 1.38 bits per heavy atom. The van der Waals surface area contributed by atoms with Crippen LogP contribution in [0.1, 0.15) is 32.3 Å². The number of benzene rings is 1. The Balaban J connectivity index is 1.57. The van der Waals surface area contributed by atoms with Gasteiger partial charge in [-0.2, -0.15) is 0 Å². The lowest BCUT2D eigenvalue weighted by Gasteiger charge is -2.44. The molecule has 2 amide bonds. The van der Waals surface area contributed by atoms with E-state index in [0.29, 0.717) is 32.7 Å². The van der Waals surface area contributed by atoms with E-state index in [1.165, 1.54) is 6.92 Å². The van der Waals surface area contributed by atoms with Gasteiger partial charge in [-0.05, 0) is 18.1 Å². The molecule has 0 radical (unpaired) electrons. The molecule has 7 heteroatoms. The van der Waals surface area contributed by atoms with Crippen LogP contribution in [0.3, 0.4) is 0 Å². The van der Waals surface area contributed by atoms with Crippen molar-refractivity contribution in [3.8, 4) is 0 Å². The Hall–Kier alpha value is -2.38. The molecule has 2 aromatic rings. The topological polar surface area (TPSA) is 83.7 Å². The minimum Gasteiger partial charge on any atom is -0.378 e. The molecule has 0 unspecified atom stereocenters. The summed E-state index contributed by atoms with van der Waals surface area (Å²) in [6.07, 6.45) is 3.98. The third-order valence-corrected chi connectivity index (χ3v) is 5.93. The van der Waals surface area contributed by atoms with Gasteiger partial charge >= 0.3 is 0 Å². The second kappa shape index (κ2) is 8.16. The largest absolute Gasteiger partial charge is 0.378 e. The van der Waals surface area contributed by atoms with E-state index < -0.39 is 11.6 Å². The number of carbonyl (C=O) groups is 2. The maximum absolute atomic E-state index is 13.5. The summed E-state index contributed by atoms with van der Waals surface area (Å²) in [5.74, 6) is -0.263. The fourth-order valence-electron chi connectivity index (χ4n) is 4.46. The summed E-state index contributed by atoms with van der Waals surface area (Å²) in [4.78, 5) is 30.5. The zero-order chi connectivity index (χ0) is 20.4. The van der Waals surface area contributed by atoms with Gasteiger partial charge in [0.1, 0.15) is 11.6 Å². The Bertz CT molecular complexity index is 887. The van der Waals surface area contributed by atoms with Gasteiger partial charge in [0.15, 0.2) is 0 Å². The predicted molar refractivity (Wildman–Crippen MR) is 110 cm³/mol. The number of aromatic nitrogens is 1. The van der Waals surface area contributed by atoms with Crippen molar-refractivity contribution in [2.45, 2.75) is 50.9 Å². The first kappa shape index (κ1) is 19.9. The van der Waals surface area contributed by atoms with Crippen LogP contribution < -0.4 is 5.32 Å². The summed E-state index contributed by atoms with van der Waals surface area (Å²) in [6.45, 7) is 5.74. The Kier molecular flexibility index (Phi) is 5.61. The van der Waals surface area contributed by atoms with Crippen LogP contribution in [-0.2, 0) is 25.5 Å². The van der Waals surface area contributed by atoms with Gasteiger partial charge < -0.3 is 24.7 Å². The summed E-state index contributed by atoms with van der Waals surface area (Å²) in [7, 11) is 0. The predicted octanol–water partition coefficient (Wildman–Crippen LogP) is 2.01. The molecule has 7 nitrogen and oxygen atoms in total. The lowest BCUT2D eigenvalue weighted by atomic mass is 9.96. The van der Waals surface area contributed by atoms with Crippen molar-refractivity contribution in [3.63, 3.8) is 0 Å². The van der Waals surface area contributed by atoms with Crippen molar-refractivity contribution in [1.82, 2.24) is 15.2 Å². The summed E-state index contributed by atoms with van der Waals surface area (Å²) in [5, 5.41) is 3.95. The first-order valence-corrected chi connectivity index (χ1v) is 10.4. The molecule has 0 saturated carbocycles. The number of ether oxygens (including phenoxy) is 2. The average molecular weight is 399 g/mol. The fraction of sp³-hybridized carbons (Fsp3) is 0.545. The van der Waals surface area contributed by atoms with E-state index in [-0.39, 0.29) is 17.9 Å². The highest BCUT2D eigenvalue weighted by Crippen LogP contribution is 2.31. The smallest absolute Gasteiger partial charge is 0.245 e. The molecule has 2 N–H and O–H groups in total. The molecular formula is C22H29N3O4. The molecule has 156 valence electrons. The van der Waals surface area contributed by atoms with Gasteiger partial charge in [0.2, 0.25) is 11.8 Å². The van der Waals surface area contributed by atoms with Gasteiger partial charge in [0, 0.05) is 50.0 Å². The van der Waals surface area contributed by atoms with Crippen LogP contribution in [0.2, 0.25) is 0 Å². The van der Waals surface area contributed by atoms with Crippen LogP contribution >= 0.6 is 0 Å². The standard InChI is InChI=1S/C22H29N3O4/c1-3-17-12-25(13-22(29-17)8-9-28-14-22)21(27)20(24-15(2)26)10-16-11-23-19-7-5-4-6-18(16)19/h4-7,11,17,20,23H,3,8-10,12-14H2,1-2H3,(H,24,26)/t17-,20+,22+/m1/s1. The van der Waals surface area contributed by atoms with Crippen LogP contribution in [0.15, 0.2) is 30.5 Å². The van der Waals surface area contributed by atoms with Crippen molar-refractivity contribution in [1.29, 1.82) is 0 Å². The maximum atomic E-state index is 13.5. The molecule has 3 atom stereocenters. The molecule has 0 aliphatic carbocycles. The van der Waals surface area contributed by atoms with Gasteiger partial charge in [0.05, 0.1) is 19.3 Å².